The Morgan fingerprint density at radius 1 is 1.30 bits per heavy atom. The summed E-state index contributed by atoms with van der Waals surface area (Å²) in [5, 5.41) is 2.91. The van der Waals surface area contributed by atoms with Crippen LogP contribution in [0.3, 0.4) is 0 Å². The normalized spacial score (nSPS) is 19.2. The van der Waals surface area contributed by atoms with E-state index in [1.807, 2.05) is 13.0 Å². The fraction of sp³-hybridized carbons (Fsp3) is 0.500. The zero-order valence-electron chi connectivity index (χ0n) is 17.7. The van der Waals surface area contributed by atoms with Crippen molar-refractivity contribution in [3.8, 4) is 0 Å². The molecular weight excluding hydrogens is 404 g/mol. The molecule has 1 aromatic carbocycles. The summed E-state index contributed by atoms with van der Waals surface area (Å²) in [5.41, 5.74) is 1.94. The fourth-order valence-electron chi connectivity index (χ4n) is 3.60. The fourth-order valence-corrected chi connectivity index (χ4v) is 4.41. The van der Waals surface area contributed by atoms with Crippen molar-refractivity contribution in [1.29, 1.82) is 0 Å². The van der Waals surface area contributed by atoms with Crippen LogP contribution in [0.5, 0.6) is 0 Å². The SMILES string of the molecule is CCOC(=O)[C@@H]1CCCN(C(=O)c2ccc(C)c(NC(=O)C3=C(C)OCCS3)c2)C1. The zero-order valence-corrected chi connectivity index (χ0v) is 18.5. The van der Waals surface area contributed by atoms with E-state index >= 15 is 0 Å². The van der Waals surface area contributed by atoms with Crippen molar-refractivity contribution >= 4 is 35.2 Å². The van der Waals surface area contributed by atoms with Gasteiger partial charge in [0.1, 0.15) is 10.7 Å². The van der Waals surface area contributed by atoms with Gasteiger partial charge in [-0.05, 0) is 51.3 Å². The molecule has 2 aliphatic heterocycles. The van der Waals surface area contributed by atoms with E-state index in [1.54, 1.807) is 30.9 Å². The number of rotatable bonds is 5. The van der Waals surface area contributed by atoms with Crippen LogP contribution in [0.1, 0.15) is 42.6 Å². The molecule has 1 aromatic rings. The first-order chi connectivity index (χ1) is 14.4. The van der Waals surface area contributed by atoms with Crippen LogP contribution in [0.25, 0.3) is 0 Å². The molecular formula is C22H28N2O5S. The predicted molar refractivity (Wildman–Crippen MR) is 116 cm³/mol. The van der Waals surface area contributed by atoms with Crippen molar-refractivity contribution in [3.63, 3.8) is 0 Å². The number of thioether (sulfide) groups is 1. The molecule has 7 nitrogen and oxygen atoms in total. The van der Waals surface area contributed by atoms with E-state index in [1.165, 1.54) is 11.8 Å². The number of allylic oxidation sites excluding steroid dienone is 1. The van der Waals surface area contributed by atoms with E-state index in [2.05, 4.69) is 5.32 Å². The summed E-state index contributed by atoms with van der Waals surface area (Å²) in [6, 6.07) is 5.28. The zero-order chi connectivity index (χ0) is 21.7. The Morgan fingerprint density at radius 3 is 2.83 bits per heavy atom. The smallest absolute Gasteiger partial charge is 0.310 e. The lowest BCUT2D eigenvalue weighted by Gasteiger charge is -2.31. The molecule has 0 spiro atoms. The van der Waals surface area contributed by atoms with Gasteiger partial charge in [-0.25, -0.2) is 0 Å². The second kappa shape index (κ2) is 10.0. The number of nitrogens with one attached hydrogen (secondary N) is 1. The lowest BCUT2D eigenvalue weighted by Crippen LogP contribution is -2.42. The van der Waals surface area contributed by atoms with Gasteiger partial charge in [-0.2, -0.15) is 0 Å². The van der Waals surface area contributed by atoms with E-state index in [0.717, 1.165) is 24.2 Å². The summed E-state index contributed by atoms with van der Waals surface area (Å²) >= 11 is 1.47. The molecule has 1 atom stereocenters. The number of amides is 2. The van der Waals surface area contributed by atoms with Crippen LogP contribution >= 0.6 is 11.8 Å². The number of piperidine rings is 1. The molecule has 0 unspecified atom stereocenters. The van der Waals surface area contributed by atoms with E-state index in [9.17, 15) is 14.4 Å². The van der Waals surface area contributed by atoms with Gasteiger partial charge in [0.25, 0.3) is 11.8 Å². The second-order valence-corrected chi connectivity index (χ2v) is 8.51. The van der Waals surface area contributed by atoms with Gasteiger partial charge in [0.2, 0.25) is 0 Å². The number of benzene rings is 1. The average Bonchev–Trinajstić information content (AvgIpc) is 2.75. The second-order valence-electron chi connectivity index (χ2n) is 7.41. The summed E-state index contributed by atoms with van der Waals surface area (Å²) in [4.78, 5) is 40.1. The minimum absolute atomic E-state index is 0.148. The van der Waals surface area contributed by atoms with Gasteiger partial charge in [-0.15, -0.1) is 11.8 Å². The largest absolute Gasteiger partial charge is 0.496 e. The van der Waals surface area contributed by atoms with E-state index in [4.69, 9.17) is 9.47 Å². The Labute approximate surface area is 181 Å². The average molecular weight is 433 g/mol. The van der Waals surface area contributed by atoms with Crippen LogP contribution in [0.4, 0.5) is 5.69 Å². The molecule has 30 heavy (non-hydrogen) atoms. The number of hydrogen-bond acceptors (Lipinski definition) is 6. The summed E-state index contributed by atoms with van der Waals surface area (Å²) in [5.74, 6) is 0.435. The number of likely N-dealkylation sites (tertiary alicyclic amines) is 1. The number of carbonyl (C=O) groups is 3. The number of ether oxygens (including phenoxy) is 2. The lowest BCUT2D eigenvalue weighted by molar-refractivity contribution is -0.149. The minimum atomic E-state index is -0.287. The Kier molecular flexibility index (Phi) is 7.42. The molecule has 2 aliphatic rings. The maximum Gasteiger partial charge on any atom is 0.310 e. The van der Waals surface area contributed by atoms with E-state index in [-0.39, 0.29) is 23.7 Å². The van der Waals surface area contributed by atoms with Gasteiger partial charge >= 0.3 is 5.97 Å². The van der Waals surface area contributed by atoms with Gasteiger partial charge in [0.15, 0.2) is 0 Å². The molecule has 0 bridgehead atoms. The van der Waals surface area contributed by atoms with Gasteiger partial charge in [-0.1, -0.05) is 6.07 Å². The molecule has 0 aliphatic carbocycles. The Bertz CT molecular complexity index is 867. The third kappa shape index (κ3) is 5.16. The number of carbonyl (C=O) groups excluding carboxylic acids is 3. The molecule has 1 fully saturated rings. The topological polar surface area (TPSA) is 84.9 Å². The summed E-state index contributed by atoms with van der Waals surface area (Å²) in [6.07, 6.45) is 1.49. The molecule has 0 radical (unpaired) electrons. The predicted octanol–water partition coefficient (Wildman–Crippen LogP) is 3.34. The molecule has 8 heteroatoms. The molecule has 0 saturated carbocycles. The lowest BCUT2D eigenvalue weighted by atomic mass is 9.97. The monoisotopic (exact) mass is 432 g/mol. The van der Waals surface area contributed by atoms with Crippen LogP contribution in [0, 0.1) is 12.8 Å². The number of anilines is 1. The van der Waals surface area contributed by atoms with Crippen LogP contribution in [-0.4, -0.2) is 54.7 Å². The van der Waals surface area contributed by atoms with Crippen LogP contribution < -0.4 is 5.32 Å². The first kappa shape index (κ1) is 22.2. The Balaban J connectivity index is 1.73. The van der Waals surface area contributed by atoms with Crippen molar-refractivity contribution < 1.29 is 23.9 Å². The molecule has 1 N–H and O–H groups in total. The van der Waals surface area contributed by atoms with Crippen molar-refractivity contribution in [2.24, 2.45) is 5.92 Å². The van der Waals surface area contributed by atoms with Crippen molar-refractivity contribution in [3.05, 3.63) is 40.0 Å². The third-order valence-electron chi connectivity index (χ3n) is 5.24. The summed E-state index contributed by atoms with van der Waals surface area (Å²) in [7, 11) is 0. The molecule has 3 rings (SSSR count). The molecule has 1 saturated heterocycles. The number of nitrogens with zero attached hydrogens (tertiary/aromatic N) is 1. The standard InChI is InChI=1S/C22H28N2O5S/c1-4-28-22(27)17-6-5-9-24(13-17)21(26)16-8-7-14(2)18(12-16)23-20(25)19-15(3)29-10-11-30-19/h7-8,12,17H,4-6,9-11,13H2,1-3H3,(H,23,25)/t17-/m1/s1. The van der Waals surface area contributed by atoms with Crippen molar-refractivity contribution in [2.45, 2.75) is 33.6 Å². The van der Waals surface area contributed by atoms with Crippen molar-refractivity contribution in [2.75, 3.05) is 37.4 Å². The van der Waals surface area contributed by atoms with Gasteiger partial charge in [0, 0.05) is 30.1 Å². The van der Waals surface area contributed by atoms with Crippen LogP contribution in [0.15, 0.2) is 28.9 Å². The highest BCUT2D eigenvalue weighted by Crippen LogP contribution is 2.28. The Morgan fingerprint density at radius 2 is 2.10 bits per heavy atom. The van der Waals surface area contributed by atoms with E-state index < -0.39 is 0 Å². The molecule has 0 aromatic heterocycles. The number of hydrogen-bond donors (Lipinski definition) is 1. The maximum atomic E-state index is 13.1. The maximum absolute atomic E-state index is 13.1. The van der Waals surface area contributed by atoms with Gasteiger partial charge in [0.05, 0.1) is 19.1 Å². The highest BCUT2D eigenvalue weighted by Gasteiger charge is 2.30. The number of esters is 1. The third-order valence-corrected chi connectivity index (χ3v) is 6.37. The van der Waals surface area contributed by atoms with Gasteiger partial charge < -0.3 is 19.7 Å². The van der Waals surface area contributed by atoms with Crippen molar-refractivity contribution in [1.82, 2.24) is 4.90 Å². The van der Waals surface area contributed by atoms with Crippen LogP contribution in [-0.2, 0) is 19.1 Å². The molecule has 2 amide bonds. The Hall–Kier alpha value is -2.48. The quantitative estimate of drug-likeness (QED) is 0.719. The summed E-state index contributed by atoms with van der Waals surface area (Å²) in [6.45, 7) is 7.33. The molecule has 2 heterocycles. The first-order valence-electron chi connectivity index (χ1n) is 10.2. The van der Waals surface area contributed by atoms with E-state index in [0.29, 0.717) is 48.2 Å². The summed E-state index contributed by atoms with van der Waals surface area (Å²) < 4.78 is 10.6. The first-order valence-corrected chi connectivity index (χ1v) is 11.2. The number of aryl methyl sites for hydroxylation is 1. The highest BCUT2D eigenvalue weighted by atomic mass is 32.2. The highest BCUT2D eigenvalue weighted by molar-refractivity contribution is 8.04. The van der Waals surface area contributed by atoms with Gasteiger partial charge in [-0.3, -0.25) is 14.4 Å². The minimum Gasteiger partial charge on any atom is -0.496 e. The van der Waals surface area contributed by atoms with Crippen LogP contribution in [0.2, 0.25) is 0 Å². The molecule has 162 valence electrons.